The largest absolute Gasteiger partial charge is 0.480 e. The Morgan fingerprint density at radius 2 is 2.00 bits per heavy atom. The van der Waals surface area contributed by atoms with Crippen LogP contribution in [-0.2, 0) is 4.79 Å². The molecule has 0 aromatic heterocycles. The van der Waals surface area contributed by atoms with Gasteiger partial charge in [-0.3, -0.25) is 4.79 Å². The van der Waals surface area contributed by atoms with Crippen LogP contribution in [0.25, 0.3) is 0 Å². The monoisotopic (exact) mass is 187 g/mol. The summed E-state index contributed by atoms with van der Waals surface area (Å²) in [6.07, 6.45) is -0.457. The smallest absolute Gasteiger partial charge is 0.320 e. The van der Waals surface area contributed by atoms with Gasteiger partial charge in [0.05, 0.1) is 6.10 Å². The molecule has 0 aromatic rings. The lowest BCUT2D eigenvalue weighted by Gasteiger charge is -2.22. The number of carboxylic acids is 1. The molecule has 76 valence electrons. The Labute approximate surface area is 78.0 Å². The van der Waals surface area contributed by atoms with Gasteiger partial charge in [0.2, 0.25) is 0 Å². The normalized spacial score (nSPS) is 41.8. The van der Waals surface area contributed by atoms with Gasteiger partial charge in [0, 0.05) is 12.0 Å². The van der Waals surface area contributed by atoms with Crippen molar-refractivity contribution in [2.24, 2.45) is 11.8 Å². The van der Waals surface area contributed by atoms with E-state index in [1.165, 1.54) is 0 Å². The maximum atomic E-state index is 10.8. The number of nitrogens with one attached hydrogen (secondary N) is 1. The highest BCUT2D eigenvalue weighted by Gasteiger charge is 2.43. The average molecular weight is 187 g/mol. The third kappa shape index (κ3) is 1.84. The van der Waals surface area contributed by atoms with Crippen LogP contribution in [0.4, 0.5) is 0 Å². The van der Waals surface area contributed by atoms with Crippen molar-refractivity contribution in [2.45, 2.75) is 39.0 Å². The number of aliphatic hydroxyl groups is 1. The molecule has 0 saturated carbocycles. The molecule has 4 nitrogen and oxygen atoms in total. The van der Waals surface area contributed by atoms with Crippen LogP contribution in [0, 0.1) is 11.8 Å². The van der Waals surface area contributed by atoms with Gasteiger partial charge in [-0.1, -0.05) is 6.92 Å². The minimum atomic E-state index is -0.831. The zero-order chi connectivity index (χ0) is 10.2. The summed E-state index contributed by atoms with van der Waals surface area (Å²) in [6.45, 7) is 5.49. The molecule has 3 N–H and O–H groups in total. The van der Waals surface area contributed by atoms with Gasteiger partial charge in [-0.05, 0) is 19.8 Å². The number of aliphatic carboxylic acids is 1. The fraction of sp³-hybridized carbons (Fsp3) is 0.889. The van der Waals surface area contributed by atoms with E-state index in [-0.39, 0.29) is 17.9 Å². The van der Waals surface area contributed by atoms with Gasteiger partial charge in [-0.15, -0.1) is 0 Å². The minimum Gasteiger partial charge on any atom is -0.480 e. The van der Waals surface area contributed by atoms with Crippen LogP contribution in [-0.4, -0.2) is 34.4 Å². The second-order valence-corrected chi connectivity index (χ2v) is 3.95. The molecule has 5 atom stereocenters. The fourth-order valence-corrected chi connectivity index (χ4v) is 2.38. The molecule has 1 rings (SSSR count). The highest BCUT2D eigenvalue weighted by atomic mass is 16.4. The van der Waals surface area contributed by atoms with E-state index < -0.39 is 18.1 Å². The van der Waals surface area contributed by atoms with E-state index in [1.807, 2.05) is 13.8 Å². The molecular formula is C9H17NO3. The minimum absolute atomic E-state index is 0.0208. The molecule has 0 aromatic carbocycles. The molecule has 1 saturated heterocycles. The van der Waals surface area contributed by atoms with Gasteiger partial charge >= 0.3 is 5.97 Å². The maximum absolute atomic E-state index is 10.8. The molecule has 13 heavy (non-hydrogen) atoms. The van der Waals surface area contributed by atoms with Crippen LogP contribution in [0.2, 0.25) is 0 Å². The van der Waals surface area contributed by atoms with Crippen LogP contribution in [0.1, 0.15) is 20.8 Å². The summed E-state index contributed by atoms with van der Waals surface area (Å²) >= 11 is 0. The highest BCUT2D eigenvalue weighted by Crippen LogP contribution is 2.29. The first-order valence-corrected chi connectivity index (χ1v) is 4.62. The van der Waals surface area contributed by atoms with Gasteiger partial charge in [0.1, 0.15) is 6.04 Å². The van der Waals surface area contributed by atoms with Crippen molar-refractivity contribution >= 4 is 5.97 Å². The third-order valence-electron chi connectivity index (χ3n) is 2.98. The van der Waals surface area contributed by atoms with Gasteiger partial charge in [-0.25, -0.2) is 0 Å². The molecule has 0 radical (unpaired) electrons. The number of hydrogen-bond acceptors (Lipinski definition) is 3. The predicted molar refractivity (Wildman–Crippen MR) is 48.4 cm³/mol. The fourth-order valence-electron chi connectivity index (χ4n) is 2.38. The van der Waals surface area contributed by atoms with Crippen molar-refractivity contribution in [1.82, 2.24) is 5.32 Å². The first kappa shape index (κ1) is 10.5. The molecule has 0 bridgehead atoms. The number of hydrogen-bond donors (Lipinski definition) is 3. The number of carbonyl (C=O) groups is 1. The Kier molecular flexibility index (Phi) is 2.93. The lowest BCUT2D eigenvalue weighted by Crippen LogP contribution is -2.36. The zero-order valence-electron chi connectivity index (χ0n) is 8.19. The Balaban J connectivity index is 2.75. The van der Waals surface area contributed by atoms with E-state index in [1.54, 1.807) is 6.92 Å². The summed E-state index contributed by atoms with van der Waals surface area (Å²) in [5.74, 6) is -0.823. The summed E-state index contributed by atoms with van der Waals surface area (Å²) in [6, 6.07) is -0.453. The van der Waals surface area contributed by atoms with E-state index in [0.717, 1.165) is 0 Å². The van der Waals surface area contributed by atoms with Crippen molar-refractivity contribution in [3.05, 3.63) is 0 Å². The number of carboxylic acid groups (broad SMARTS) is 1. The van der Waals surface area contributed by atoms with E-state index in [2.05, 4.69) is 5.32 Å². The van der Waals surface area contributed by atoms with Gasteiger partial charge < -0.3 is 15.5 Å². The number of aliphatic hydroxyl groups excluding tert-OH is 1. The second-order valence-electron chi connectivity index (χ2n) is 3.95. The summed E-state index contributed by atoms with van der Waals surface area (Å²) in [7, 11) is 0. The summed E-state index contributed by atoms with van der Waals surface area (Å²) < 4.78 is 0. The lowest BCUT2D eigenvalue weighted by molar-refractivity contribution is -0.140. The SMILES string of the molecule is C[C@H]1[C@H]([C@@H](C)O)[C@H](C)N[C@@H]1C(=O)O. The van der Waals surface area contributed by atoms with Crippen molar-refractivity contribution in [2.75, 3.05) is 0 Å². The zero-order valence-corrected chi connectivity index (χ0v) is 8.19. The molecule has 1 heterocycles. The van der Waals surface area contributed by atoms with Crippen LogP contribution in [0.3, 0.4) is 0 Å². The van der Waals surface area contributed by atoms with Crippen molar-refractivity contribution in [1.29, 1.82) is 0 Å². The number of rotatable bonds is 2. The molecule has 0 amide bonds. The van der Waals surface area contributed by atoms with Crippen LogP contribution in [0.15, 0.2) is 0 Å². The van der Waals surface area contributed by atoms with E-state index in [0.29, 0.717) is 0 Å². The second kappa shape index (κ2) is 3.64. The van der Waals surface area contributed by atoms with Crippen LogP contribution < -0.4 is 5.32 Å². The Hall–Kier alpha value is -0.610. The van der Waals surface area contributed by atoms with E-state index in [9.17, 15) is 9.90 Å². The summed E-state index contributed by atoms with van der Waals surface area (Å²) in [5, 5.41) is 21.3. The van der Waals surface area contributed by atoms with E-state index >= 15 is 0 Å². The summed E-state index contributed by atoms with van der Waals surface area (Å²) in [4.78, 5) is 10.8. The highest BCUT2D eigenvalue weighted by molar-refractivity contribution is 5.74. The van der Waals surface area contributed by atoms with Crippen LogP contribution >= 0.6 is 0 Å². The third-order valence-corrected chi connectivity index (χ3v) is 2.98. The molecule has 1 aliphatic heterocycles. The lowest BCUT2D eigenvalue weighted by atomic mass is 9.85. The molecule has 1 fully saturated rings. The Bertz CT molecular complexity index is 205. The standard InChI is InChI=1S/C9H17NO3/c1-4-7(6(3)11)5(2)10-8(4)9(12)13/h4-8,10-11H,1-3H3,(H,12,13)/t4-,5-,6+,7-,8-/m0/s1. The first-order valence-electron chi connectivity index (χ1n) is 4.62. The van der Waals surface area contributed by atoms with Crippen molar-refractivity contribution in [3.8, 4) is 0 Å². The average Bonchev–Trinajstić information content (AvgIpc) is 2.26. The van der Waals surface area contributed by atoms with Gasteiger partial charge in [0.25, 0.3) is 0 Å². The molecule has 0 aliphatic carbocycles. The molecule has 4 heteroatoms. The Morgan fingerprint density at radius 1 is 1.46 bits per heavy atom. The summed E-state index contributed by atoms with van der Waals surface area (Å²) in [5.41, 5.74) is 0. The topological polar surface area (TPSA) is 69.6 Å². The molecule has 0 spiro atoms. The quantitative estimate of drug-likeness (QED) is 0.572. The van der Waals surface area contributed by atoms with Crippen LogP contribution in [0.5, 0.6) is 0 Å². The molecular weight excluding hydrogens is 170 g/mol. The molecule has 0 unspecified atom stereocenters. The first-order chi connectivity index (χ1) is 5.95. The van der Waals surface area contributed by atoms with Crippen molar-refractivity contribution < 1.29 is 15.0 Å². The Morgan fingerprint density at radius 3 is 2.23 bits per heavy atom. The van der Waals surface area contributed by atoms with Gasteiger partial charge in [0.15, 0.2) is 0 Å². The van der Waals surface area contributed by atoms with E-state index in [4.69, 9.17) is 5.11 Å². The molecule has 1 aliphatic rings. The van der Waals surface area contributed by atoms with Gasteiger partial charge in [-0.2, -0.15) is 0 Å². The predicted octanol–water partition coefficient (Wildman–Crippen LogP) is 0.0644. The van der Waals surface area contributed by atoms with Crippen molar-refractivity contribution in [3.63, 3.8) is 0 Å². The maximum Gasteiger partial charge on any atom is 0.320 e.